The molecule has 0 saturated heterocycles. The number of nitrogens with one attached hydrogen (secondary N) is 1. The number of nitrogens with zero attached hydrogens (tertiary/aromatic N) is 1. The summed E-state index contributed by atoms with van der Waals surface area (Å²) in [5, 5.41) is 3.45. The molecule has 1 rings (SSSR count). The van der Waals surface area contributed by atoms with Gasteiger partial charge in [0.2, 0.25) is 0 Å². The Morgan fingerprint density at radius 1 is 1.36 bits per heavy atom. The lowest BCUT2D eigenvalue weighted by Crippen LogP contribution is -2.13. The molecule has 1 N–H and O–H groups in total. The minimum atomic E-state index is 0.773. The van der Waals surface area contributed by atoms with Gasteiger partial charge in [-0.15, -0.1) is 0 Å². The summed E-state index contributed by atoms with van der Waals surface area (Å²) < 4.78 is 0. The molecule has 0 amide bonds. The third kappa shape index (κ3) is 3.02. The molecule has 0 aliphatic heterocycles. The second-order valence-electron chi connectivity index (χ2n) is 3.75. The first kappa shape index (κ1) is 11.0. The van der Waals surface area contributed by atoms with Crippen molar-refractivity contribution in [3.05, 3.63) is 24.0 Å². The minimum Gasteiger partial charge on any atom is -0.383 e. The molecule has 2 heteroatoms. The quantitative estimate of drug-likeness (QED) is 0.774. The number of rotatable bonds is 5. The second kappa shape index (κ2) is 5.63. The van der Waals surface area contributed by atoms with Gasteiger partial charge in [0.05, 0.1) is 11.9 Å². The summed E-state index contributed by atoms with van der Waals surface area (Å²) in [6.07, 6.45) is 6.21. The highest BCUT2D eigenvalue weighted by molar-refractivity contribution is 5.47. The van der Waals surface area contributed by atoms with E-state index >= 15 is 0 Å². The number of aromatic nitrogens is 1. The fourth-order valence-corrected chi connectivity index (χ4v) is 1.48. The summed E-state index contributed by atoms with van der Waals surface area (Å²) in [6.45, 7) is 7.65. The molecular formula is C12H20N2. The van der Waals surface area contributed by atoms with Crippen LogP contribution in [-0.4, -0.2) is 11.5 Å². The summed E-state index contributed by atoms with van der Waals surface area (Å²) in [6, 6.07) is 2.04. The van der Waals surface area contributed by atoms with Gasteiger partial charge in [-0.1, -0.05) is 26.7 Å². The van der Waals surface area contributed by atoms with Crippen LogP contribution in [0.4, 0.5) is 5.69 Å². The van der Waals surface area contributed by atoms with E-state index in [0.717, 1.165) is 12.5 Å². The fourth-order valence-electron chi connectivity index (χ4n) is 1.48. The van der Waals surface area contributed by atoms with Crippen molar-refractivity contribution in [1.29, 1.82) is 0 Å². The van der Waals surface area contributed by atoms with Gasteiger partial charge in [-0.25, -0.2) is 0 Å². The maximum atomic E-state index is 4.11. The first-order valence-corrected chi connectivity index (χ1v) is 5.42. The van der Waals surface area contributed by atoms with Crippen LogP contribution in [0.5, 0.6) is 0 Å². The van der Waals surface area contributed by atoms with Crippen LogP contribution in [0.2, 0.25) is 0 Å². The van der Waals surface area contributed by atoms with E-state index in [0.29, 0.717) is 0 Å². The molecule has 1 aromatic heterocycles. The number of hydrogen-bond acceptors (Lipinski definition) is 2. The zero-order chi connectivity index (χ0) is 10.4. The predicted octanol–water partition coefficient (Wildman–Crippen LogP) is 3.24. The van der Waals surface area contributed by atoms with Crippen LogP contribution in [0.15, 0.2) is 18.5 Å². The summed E-state index contributed by atoms with van der Waals surface area (Å²) in [5.74, 6) is 0.773. The van der Waals surface area contributed by atoms with Gasteiger partial charge < -0.3 is 5.32 Å². The van der Waals surface area contributed by atoms with Crippen molar-refractivity contribution in [3.8, 4) is 0 Å². The van der Waals surface area contributed by atoms with Crippen LogP contribution in [-0.2, 0) is 0 Å². The van der Waals surface area contributed by atoms with E-state index < -0.39 is 0 Å². The topological polar surface area (TPSA) is 24.9 Å². The molecule has 14 heavy (non-hydrogen) atoms. The number of hydrogen-bond donors (Lipinski definition) is 1. The molecule has 0 spiro atoms. The second-order valence-corrected chi connectivity index (χ2v) is 3.75. The van der Waals surface area contributed by atoms with Crippen LogP contribution >= 0.6 is 0 Å². The molecule has 0 fully saturated rings. The molecule has 0 atom stereocenters. The number of aryl methyl sites for hydroxylation is 1. The maximum Gasteiger partial charge on any atom is 0.0556 e. The highest BCUT2D eigenvalue weighted by atomic mass is 14.9. The smallest absolute Gasteiger partial charge is 0.0556 e. The highest BCUT2D eigenvalue weighted by Crippen LogP contribution is 2.14. The van der Waals surface area contributed by atoms with Gasteiger partial charge in [-0.2, -0.15) is 0 Å². The molecule has 0 radical (unpaired) electrons. The Morgan fingerprint density at radius 3 is 2.64 bits per heavy atom. The fraction of sp³-hybridized carbons (Fsp3) is 0.583. The van der Waals surface area contributed by atoms with E-state index in [2.05, 4.69) is 31.1 Å². The van der Waals surface area contributed by atoms with Gasteiger partial charge in [0.25, 0.3) is 0 Å². The van der Waals surface area contributed by atoms with E-state index in [-0.39, 0.29) is 0 Å². The van der Waals surface area contributed by atoms with Gasteiger partial charge in [-0.3, -0.25) is 4.98 Å². The molecule has 2 nitrogen and oxygen atoms in total. The summed E-state index contributed by atoms with van der Waals surface area (Å²) in [4.78, 5) is 4.11. The normalized spacial score (nSPS) is 10.6. The maximum absolute atomic E-state index is 4.11. The van der Waals surface area contributed by atoms with Crippen molar-refractivity contribution < 1.29 is 0 Å². The molecule has 0 unspecified atom stereocenters. The summed E-state index contributed by atoms with van der Waals surface area (Å²) >= 11 is 0. The Labute approximate surface area is 86.8 Å². The zero-order valence-electron chi connectivity index (χ0n) is 9.38. The summed E-state index contributed by atoms with van der Waals surface area (Å²) in [7, 11) is 0. The van der Waals surface area contributed by atoms with Crippen molar-refractivity contribution in [2.75, 3.05) is 11.9 Å². The van der Waals surface area contributed by atoms with Crippen molar-refractivity contribution >= 4 is 5.69 Å². The first-order valence-electron chi connectivity index (χ1n) is 5.42. The van der Waals surface area contributed by atoms with Gasteiger partial charge in [0.1, 0.15) is 0 Å². The largest absolute Gasteiger partial charge is 0.383 e. The molecule has 1 aromatic rings. The lowest BCUT2D eigenvalue weighted by molar-refractivity contribution is 0.519. The Bertz CT molecular complexity index is 267. The van der Waals surface area contributed by atoms with Gasteiger partial charge in [0.15, 0.2) is 0 Å². The third-order valence-corrected chi connectivity index (χ3v) is 2.77. The van der Waals surface area contributed by atoms with Crippen molar-refractivity contribution in [3.63, 3.8) is 0 Å². The van der Waals surface area contributed by atoms with Gasteiger partial charge in [0, 0.05) is 12.7 Å². The Kier molecular flexibility index (Phi) is 4.44. The molecule has 0 aliphatic rings. The predicted molar refractivity (Wildman–Crippen MR) is 61.5 cm³/mol. The van der Waals surface area contributed by atoms with Gasteiger partial charge in [-0.05, 0) is 24.5 Å². The standard InChI is InChI=1S/C12H20N2/c1-4-11(5-2)8-14-12-9-13-7-6-10(12)3/h6-7,9,11,14H,4-5,8H2,1-3H3. The first-order chi connectivity index (χ1) is 6.77. The lowest BCUT2D eigenvalue weighted by atomic mass is 10.0. The Morgan fingerprint density at radius 2 is 2.07 bits per heavy atom. The average molecular weight is 192 g/mol. The van der Waals surface area contributed by atoms with E-state index in [1.807, 2.05) is 18.5 Å². The van der Waals surface area contributed by atoms with Crippen LogP contribution in [0.3, 0.4) is 0 Å². The Balaban J connectivity index is 2.49. The third-order valence-electron chi connectivity index (χ3n) is 2.77. The lowest BCUT2D eigenvalue weighted by Gasteiger charge is -2.15. The molecule has 0 aliphatic carbocycles. The minimum absolute atomic E-state index is 0.773. The molecule has 0 bridgehead atoms. The molecule has 1 heterocycles. The van der Waals surface area contributed by atoms with E-state index in [4.69, 9.17) is 0 Å². The monoisotopic (exact) mass is 192 g/mol. The van der Waals surface area contributed by atoms with E-state index in [1.165, 1.54) is 24.1 Å². The van der Waals surface area contributed by atoms with Crippen LogP contribution in [0, 0.1) is 12.8 Å². The molecular weight excluding hydrogens is 172 g/mol. The van der Waals surface area contributed by atoms with Crippen molar-refractivity contribution in [2.24, 2.45) is 5.92 Å². The molecule has 0 aromatic carbocycles. The van der Waals surface area contributed by atoms with Crippen molar-refractivity contribution in [1.82, 2.24) is 4.98 Å². The number of pyridine rings is 1. The van der Waals surface area contributed by atoms with Crippen LogP contribution < -0.4 is 5.32 Å². The SMILES string of the molecule is CCC(CC)CNc1cnccc1C. The van der Waals surface area contributed by atoms with E-state index in [9.17, 15) is 0 Å². The van der Waals surface area contributed by atoms with E-state index in [1.54, 1.807) is 0 Å². The Hall–Kier alpha value is -1.05. The van der Waals surface area contributed by atoms with Gasteiger partial charge >= 0.3 is 0 Å². The summed E-state index contributed by atoms with van der Waals surface area (Å²) in [5.41, 5.74) is 2.44. The molecule has 78 valence electrons. The molecule has 0 saturated carbocycles. The highest BCUT2D eigenvalue weighted by Gasteiger charge is 2.03. The van der Waals surface area contributed by atoms with Crippen LogP contribution in [0.25, 0.3) is 0 Å². The average Bonchev–Trinajstić information content (AvgIpc) is 2.22. The number of anilines is 1. The zero-order valence-corrected chi connectivity index (χ0v) is 9.38. The van der Waals surface area contributed by atoms with Crippen molar-refractivity contribution in [2.45, 2.75) is 33.6 Å². The van der Waals surface area contributed by atoms with Crippen LogP contribution in [0.1, 0.15) is 32.3 Å².